The van der Waals surface area contributed by atoms with Gasteiger partial charge in [-0.05, 0) is 41.3 Å². The monoisotopic (exact) mass is 468 g/mol. The molecule has 32 heavy (non-hydrogen) atoms. The van der Waals surface area contributed by atoms with E-state index in [1.165, 1.54) is 108 Å². The first-order chi connectivity index (χ1) is 15.2. The normalized spacial score (nSPS) is 12.1. The number of hydrogen-bond donors (Lipinski definition) is 1. The second-order valence-corrected chi connectivity index (χ2v) is 10.1. The van der Waals surface area contributed by atoms with Crippen LogP contribution in [-0.2, 0) is 17.5 Å². The minimum absolute atomic E-state index is 0. The Balaban J connectivity index is 0.00000512. The second kappa shape index (κ2) is 19.2. The Kier molecular flexibility index (Phi) is 17.9. The molecule has 1 N–H and O–H groups in total. The molecule has 0 amide bonds. The van der Waals surface area contributed by atoms with Crippen molar-refractivity contribution in [1.82, 2.24) is 0 Å². The molecule has 0 aromatic heterocycles. The largest absolute Gasteiger partial charge is 1.00 e. The van der Waals surface area contributed by atoms with Crippen molar-refractivity contribution >= 4 is 21.9 Å². The minimum Gasteiger partial charge on any atom is -1.00 e. The van der Waals surface area contributed by atoms with Crippen molar-refractivity contribution in [2.24, 2.45) is 0 Å². The van der Waals surface area contributed by atoms with Gasteiger partial charge in [0.1, 0.15) is 0 Å². The Morgan fingerprint density at radius 3 is 1.72 bits per heavy atom. The van der Waals surface area contributed by atoms with Gasteiger partial charge in [-0.3, -0.25) is 0 Å². The number of hydrogen-bond acceptors (Lipinski definition) is 1. The topological polar surface area (TPSA) is 37.3 Å². The Labute approximate surface area is 223 Å². The van der Waals surface area contributed by atoms with Crippen LogP contribution in [0.5, 0.6) is 0 Å². The molecule has 0 aliphatic heterocycles. The van der Waals surface area contributed by atoms with E-state index in [1.54, 1.807) is 6.07 Å². The maximum Gasteiger partial charge on any atom is 1.00 e. The van der Waals surface area contributed by atoms with Crippen LogP contribution >= 0.6 is 0 Å². The summed E-state index contributed by atoms with van der Waals surface area (Å²) in [7, 11) is 0. The summed E-state index contributed by atoms with van der Waals surface area (Å²) < 4.78 is 20.8. The molecule has 0 bridgehead atoms. The first kappa shape index (κ1) is 29.8. The summed E-state index contributed by atoms with van der Waals surface area (Å²) in [6.07, 6.45) is 23.3. The van der Waals surface area contributed by atoms with Gasteiger partial charge in [0.05, 0.1) is 4.90 Å². The van der Waals surface area contributed by atoms with Gasteiger partial charge >= 0.3 is 29.6 Å². The molecule has 4 heteroatoms. The molecule has 1 unspecified atom stereocenters. The summed E-state index contributed by atoms with van der Waals surface area (Å²) in [4.78, 5) is 0.493. The van der Waals surface area contributed by atoms with Crippen molar-refractivity contribution in [1.29, 1.82) is 0 Å². The van der Waals surface area contributed by atoms with Gasteiger partial charge in [0, 0.05) is 0 Å². The van der Waals surface area contributed by atoms with E-state index in [2.05, 4.69) is 25.1 Å². The summed E-state index contributed by atoms with van der Waals surface area (Å²) in [5.41, 5.74) is 1.30. The molecule has 1 atom stereocenters. The predicted octanol–water partition coefficient (Wildman–Crippen LogP) is 6.34. The van der Waals surface area contributed by atoms with E-state index in [-0.39, 0.29) is 31.0 Å². The maximum absolute atomic E-state index is 11.4. The SMILES string of the molecule is CCCCCCCCCCCCCCCCCCc1cccc2ccc(S(=O)O)cc12.[H-].[Na+]. The van der Waals surface area contributed by atoms with E-state index in [0.717, 1.165) is 17.2 Å². The van der Waals surface area contributed by atoms with Crippen LogP contribution < -0.4 is 29.6 Å². The summed E-state index contributed by atoms with van der Waals surface area (Å²) in [5.74, 6) is 0. The van der Waals surface area contributed by atoms with Crippen LogP contribution in [0.25, 0.3) is 10.8 Å². The zero-order valence-corrected chi connectivity index (χ0v) is 23.6. The van der Waals surface area contributed by atoms with Crippen LogP contribution in [0.4, 0.5) is 0 Å². The average Bonchev–Trinajstić information content (AvgIpc) is 2.78. The number of rotatable bonds is 18. The summed E-state index contributed by atoms with van der Waals surface area (Å²) in [6.45, 7) is 2.28. The zero-order chi connectivity index (χ0) is 22.2. The number of benzene rings is 2. The fraction of sp³-hybridized carbons (Fsp3) is 0.643. The van der Waals surface area contributed by atoms with Crippen molar-refractivity contribution in [3.8, 4) is 0 Å². The molecule has 2 nitrogen and oxygen atoms in total. The molecule has 0 heterocycles. The van der Waals surface area contributed by atoms with E-state index in [9.17, 15) is 8.76 Å². The molecule has 0 radical (unpaired) electrons. The van der Waals surface area contributed by atoms with Gasteiger partial charge in [0.25, 0.3) is 0 Å². The number of aryl methyl sites for hydroxylation is 1. The van der Waals surface area contributed by atoms with E-state index in [1.807, 2.05) is 12.1 Å². The third-order valence-corrected chi connectivity index (χ3v) is 7.10. The van der Waals surface area contributed by atoms with Crippen molar-refractivity contribution in [3.63, 3.8) is 0 Å². The summed E-state index contributed by atoms with van der Waals surface area (Å²) in [6, 6.07) is 11.9. The quantitative estimate of drug-likeness (QED) is 0.157. The van der Waals surface area contributed by atoms with Gasteiger partial charge in [-0.25, -0.2) is 4.21 Å². The fourth-order valence-corrected chi connectivity index (χ4v) is 4.91. The third kappa shape index (κ3) is 12.3. The molecular weight excluding hydrogens is 423 g/mol. The molecule has 0 saturated heterocycles. The molecule has 2 aromatic carbocycles. The Hall–Kier alpha value is -0.190. The first-order valence-electron chi connectivity index (χ1n) is 12.8. The van der Waals surface area contributed by atoms with Crippen LogP contribution in [0.2, 0.25) is 0 Å². The second-order valence-electron chi connectivity index (χ2n) is 9.10. The van der Waals surface area contributed by atoms with E-state index >= 15 is 0 Å². The van der Waals surface area contributed by atoms with Crippen molar-refractivity contribution in [2.75, 3.05) is 0 Å². The maximum atomic E-state index is 11.4. The molecule has 0 aliphatic carbocycles. The van der Waals surface area contributed by atoms with Gasteiger partial charge < -0.3 is 5.98 Å². The van der Waals surface area contributed by atoms with Gasteiger partial charge in [-0.1, -0.05) is 128 Å². The van der Waals surface area contributed by atoms with Gasteiger partial charge in [-0.15, -0.1) is 0 Å². The molecule has 0 saturated carbocycles. The Morgan fingerprint density at radius 1 is 0.719 bits per heavy atom. The molecule has 2 rings (SSSR count). The average molecular weight is 469 g/mol. The third-order valence-electron chi connectivity index (χ3n) is 6.45. The van der Waals surface area contributed by atoms with E-state index in [4.69, 9.17) is 0 Å². The van der Waals surface area contributed by atoms with Crippen molar-refractivity contribution < 1.29 is 39.7 Å². The fourth-order valence-electron chi connectivity index (χ4n) is 4.51. The molecule has 0 spiro atoms. The molecule has 2 aromatic rings. The van der Waals surface area contributed by atoms with Crippen LogP contribution in [0, 0.1) is 0 Å². The Bertz CT molecular complexity index is 769. The zero-order valence-electron chi connectivity index (χ0n) is 21.7. The van der Waals surface area contributed by atoms with Gasteiger partial charge in [-0.2, -0.15) is 0 Å². The smallest absolute Gasteiger partial charge is 1.00 e. The van der Waals surface area contributed by atoms with Crippen LogP contribution in [-0.4, -0.2) is 8.76 Å². The van der Waals surface area contributed by atoms with Gasteiger partial charge in [0.15, 0.2) is 11.1 Å². The minimum atomic E-state index is -1.91. The molecular formula is C28H45NaO2S. The molecule has 0 aliphatic rings. The Morgan fingerprint density at radius 2 is 1.22 bits per heavy atom. The van der Waals surface area contributed by atoms with Crippen LogP contribution in [0.3, 0.4) is 0 Å². The predicted molar refractivity (Wildman–Crippen MR) is 137 cm³/mol. The van der Waals surface area contributed by atoms with Crippen molar-refractivity contribution in [3.05, 3.63) is 42.0 Å². The van der Waals surface area contributed by atoms with E-state index < -0.39 is 11.1 Å². The van der Waals surface area contributed by atoms with E-state index in [0.29, 0.717) is 4.90 Å². The van der Waals surface area contributed by atoms with Crippen molar-refractivity contribution in [2.45, 2.75) is 121 Å². The van der Waals surface area contributed by atoms with Crippen LogP contribution in [0.15, 0.2) is 41.3 Å². The van der Waals surface area contributed by atoms with Gasteiger partial charge in [0.2, 0.25) is 0 Å². The first-order valence-corrected chi connectivity index (χ1v) is 14.0. The van der Waals surface area contributed by atoms with Crippen LogP contribution in [0.1, 0.15) is 117 Å². The summed E-state index contributed by atoms with van der Waals surface area (Å²) in [5, 5.41) is 2.28. The standard InChI is InChI=1S/C28H44O2S.Na.H/c1-2-3-4-5-6-7-8-9-10-11-12-13-14-15-16-17-19-25-20-18-21-26-22-23-27(31(29)30)24-28(25)26;;/h18,20-24H,2-17,19H2,1H3,(H,29,30);;/q;+1;-1. The molecule has 176 valence electrons. The number of fused-ring (bicyclic) bond motifs is 1. The number of unbranched alkanes of at least 4 members (excludes halogenated alkanes) is 15. The molecule has 0 fully saturated rings. The summed E-state index contributed by atoms with van der Waals surface area (Å²) >= 11 is -1.91.